The van der Waals surface area contributed by atoms with Crippen molar-refractivity contribution in [3.8, 4) is 5.75 Å². The van der Waals surface area contributed by atoms with E-state index in [1.165, 1.54) is 6.07 Å². The fraction of sp³-hybridized carbons (Fsp3) is 0.600. The van der Waals surface area contributed by atoms with Gasteiger partial charge in [-0.15, -0.1) is 0 Å². The molecule has 0 aromatic heterocycles. The first-order valence-electron chi connectivity index (χ1n) is 7.64. The first kappa shape index (κ1) is 16.7. The van der Waals surface area contributed by atoms with E-state index in [1.54, 1.807) is 19.1 Å². The van der Waals surface area contributed by atoms with Crippen molar-refractivity contribution in [1.29, 1.82) is 0 Å². The average Bonchev–Trinajstić information content (AvgIpc) is 2.54. The van der Waals surface area contributed by atoms with Crippen molar-refractivity contribution in [1.82, 2.24) is 10.2 Å². The van der Waals surface area contributed by atoms with Crippen LogP contribution in [0.3, 0.4) is 0 Å². The number of rotatable bonds is 7. The van der Waals surface area contributed by atoms with Crippen LogP contribution in [0.1, 0.15) is 25.0 Å². The number of ether oxygens (including phenoxy) is 1. The predicted octanol–water partition coefficient (Wildman–Crippen LogP) is 1.32. The summed E-state index contributed by atoms with van der Waals surface area (Å²) in [5.41, 5.74) is 0.464. The van der Waals surface area contributed by atoms with Gasteiger partial charge in [-0.2, -0.15) is 0 Å². The number of piperazine rings is 1. The van der Waals surface area contributed by atoms with Crippen LogP contribution in [-0.4, -0.2) is 54.3 Å². The lowest BCUT2D eigenvalue weighted by Crippen LogP contribution is -2.44. The number of aliphatic hydroxyl groups excluding tert-OH is 1. The molecule has 0 bridgehead atoms. The average molecular weight is 309 g/mol. The summed E-state index contributed by atoms with van der Waals surface area (Å²) in [6.45, 7) is 6.79. The standard InChI is InChI=1S/C15H23N3O4/c1-2-22-15-4-3-12(11-13(15)18(20)21)14(19)5-8-17-9-6-16-7-10-17/h3-4,11,14,16,19H,2,5-10H2,1H3. The smallest absolute Gasteiger partial charge is 0.311 e. The molecule has 1 aliphatic heterocycles. The molecule has 7 heteroatoms. The molecule has 0 radical (unpaired) electrons. The van der Waals surface area contributed by atoms with E-state index in [2.05, 4.69) is 10.2 Å². The molecular weight excluding hydrogens is 286 g/mol. The molecule has 2 N–H and O–H groups in total. The molecule has 1 aromatic carbocycles. The van der Waals surface area contributed by atoms with Crippen LogP contribution in [0.15, 0.2) is 18.2 Å². The van der Waals surface area contributed by atoms with E-state index >= 15 is 0 Å². The third kappa shape index (κ3) is 4.40. The molecule has 1 aromatic rings. The third-order valence-corrected chi connectivity index (χ3v) is 3.79. The Hall–Kier alpha value is -1.70. The molecule has 1 aliphatic rings. The van der Waals surface area contributed by atoms with Crippen molar-refractivity contribution in [2.75, 3.05) is 39.3 Å². The molecule has 1 unspecified atom stereocenters. The monoisotopic (exact) mass is 309 g/mol. The van der Waals surface area contributed by atoms with E-state index in [9.17, 15) is 15.2 Å². The van der Waals surface area contributed by atoms with Gasteiger partial charge in [-0.1, -0.05) is 6.07 Å². The molecule has 2 rings (SSSR count). The maximum atomic E-state index is 11.1. The molecule has 0 saturated carbocycles. The summed E-state index contributed by atoms with van der Waals surface area (Å²) in [4.78, 5) is 12.9. The van der Waals surface area contributed by atoms with E-state index in [1.807, 2.05) is 0 Å². The van der Waals surface area contributed by atoms with Crippen LogP contribution >= 0.6 is 0 Å². The Labute approximate surface area is 130 Å². The fourth-order valence-corrected chi connectivity index (χ4v) is 2.57. The Bertz CT molecular complexity index is 504. The second-order valence-electron chi connectivity index (χ2n) is 5.31. The van der Waals surface area contributed by atoms with Crippen molar-refractivity contribution in [2.24, 2.45) is 0 Å². The highest BCUT2D eigenvalue weighted by atomic mass is 16.6. The Balaban J connectivity index is 2.00. The summed E-state index contributed by atoms with van der Waals surface area (Å²) < 4.78 is 5.25. The van der Waals surface area contributed by atoms with E-state index in [4.69, 9.17) is 4.74 Å². The summed E-state index contributed by atoms with van der Waals surface area (Å²) >= 11 is 0. The van der Waals surface area contributed by atoms with Gasteiger partial charge in [-0.3, -0.25) is 10.1 Å². The molecule has 22 heavy (non-hydrogen) atoms. The van der Waals surface area contributed by atoms with Crippen LogP contribution in [0.5, 0.6) is 5.75 Å². The molecule has 122 valence electrons. The molecule has 1 saturated heterocycles. The molecule has 0 amide bonds. The first-order chi connectivity index (χ1) is 10.6. The second-order valence-corrected chi connectivity index (χ2v) is 5.31. The molecule has 1 heterocycles. The van der Waals surface area contributed by atoms with Crippen molar-refractivity contribution in [3.05, 3.63) is 33.9 Å². The number of nitrogens with zero attached hydrogens (tertiary/aromatic N) is 2. The number of nitro benzene ring substituents is 1. The highest BCUT2D eigenvalue weighted by Gasteiger charge is 2.19. The van der Waals surface area contributed by atoms with Crippen LogP contribution in [0.4, 0.5) is 5.69 Å². The summed E-state index contributed by atoms with van der Waals surface area (Å²) in [7, 11) is 0. The fourth-order valence-electron chi connectivity index (χ4n) is 2.57. The van der Waals surface area contributed by atoms with Gasteiger partial charge in [0.1, 0.15) is 0 Å². The summed E-state index contributed by atoms with van der Waals surface area (Å²) in [5.74, 6) is 0.241. The zero-order valence-electron chi connectivity index (χ0n) is 12.8. The van der Waals surface area contributed by atoms with E-state index in [0.29, 0.717) is 18.6 Å². The number of hydrogen-bond acceptors (Lipinski definition) is 6. The largest absolute Gasteiger partial charge is 0.487 e. The minimum atomic E-state index is -0.704. The first-order valence-corrected chi connectivity index (χ1v) is 7.64. The number of benzene rings is 1. The Morgan fingerprint density at radius 2 is 2.18 bits per heavy atom. The van der Waals surface area contributed by atoms with Crippen molar-refractivity contribution in [3.63, 3.8) is 0 Å². The minimum Gasteiger partial charge on any atom is -0.487 e. The Morgan fingerprint density at radius 3 is 2.82 bits per heavy atom. The predicted molar refractivity (Wildman–Crippen MR) is 83.2 cm³/mol. The lowest BCUT2D eigenvalue weighted by Gasteiger charge is -2.27. The van der Waals surface area contributed by atoms with E-state index in [-0.39, 0.29) is 11.4 Å². The molecule has 0 spiro atoms. The van der Waals surface area contributed by atoms with Crippen molar-refractivity contribution in [2.45, 2.75) is 19.4 Å². The third-order valence-electron chi connectivity index (χ3n) is 3.79. The van der Waals surface area contributed by atoms with Gasteiger partial charge in [0.05, 0.1) is 17.6 Å². The number of hydrogen-bond donors (Lipinski definition) is 2. The van der Waals surface area contributed by atoms with Crippen molar-refractivity contribution < 1.29 is 14.8 Å². The normalized spacial score (nSPS) is 17.2. The van der Waals surface area contributed by atoms with Gasteiger partial charge in [-0.25, -0.2) is 0 Å². The van der Waals surface area contributed by atoms with Gasteiger partial charge in [-0.05, 0) is 25.0 Å². The van der Waals surface area contributed by atoms with Gasteiger partial charge in [0.25, 0.3) is 0 Å². The summed E-state index contributed by atoms with van der Waals surface area (Å²) in [5, 5.41) is 24.7. The maximum Gasteiger partial charge on any atom is 0.311 e. The second kappa shape index (κ2) is 8.07. The summed E-state index contributed by atoms with van der Waals surface area (Å²) in [6.07, 6.45) is -0.144. The van der Waals surface area contributed by atoms with Crippen LogP contribution in [0.25, 0.3) is 0 Å². The minimum absolute atomic E-state index is 0.0967. The van der Waals surface area contributed by atoms with Crippen LogP contribution in [0.2, 0.25) is 0 Å². The van der Waals surface area contributed by atoms with Gasteiger partial charge < -0.3 is 20.1 Å². The quantitative estimate of drug-likeness (QED) is 0.583. The number of aliphatic hydroxyl groups is 1. The van der Waals surface area contributed by atoms with Crippen LogP contribution in [-0.2, 0) is 0 Å². The Morgan fingerprint density at radius 1 is 1.45 bits per heavy atom. The topological polar surface area (TPSA) is 87.9 Å². The molecule has 7 nitrogen and oxygen atoms in total. The highest BCUT2D eigenvalue weighted by molar-refractivity contribution is 5.49. The zero-order valence-corrected chi connectivity index (χ0v) is 12.8. The van der Waals surface area contributed by atoms with E-state index in [0.717, 1.165) is 32.7 Å². The number of nitro groups is 1. The van der Waals surface area contributed by atoms with Gasteiger partial charge >= 0.3 is 5.69 Å². The maximum absolute atomic E-state index is 11.1. The van der Waals surface area contributed by atoms with Gasteiger partial charge in [0.2, 0.25) is 0 Å². The lowest BCUT2D eigenvalue weighted by molar-refractivity contribution is -0.386. The molecular formula is C15H23N3O4. The van der Waals surface area contributed by atoms with Gasteiger partial charge in [0, 0.05) is 38.8 Å². The SMILES string of the molecule is CCOc1ccc(C(O)CCN2CCNCC2)cc1[N+](=O)[O-]. The van der Waals surface area contributed by atoms with Gasteiger partial charge in [0.15, 0.2) is 5.75 Å². The number of nitrogens with one attached hydrogen (secondary N) is 1. The molecule has 1 fully saturated rings. The molecule has 1 atom stereocenters. The van der Waals surface area contributed by atoms with E-state index < -0.39 is 11.0 Å². The van der Waals surface area contributed by atoms with Crippen LogP contribution in [0, 0.1) is 10.1 Å². The summed E-state index contributed by atoms with van der Waals surface area (Å²) in [6, 6.07) is 4.67. The highest BCUT2D eigenvalue weighted by Crippen LogP contribution is 2.31. The van der Waals surface area contributed by atoms with Crippen LogP contribution < -0.4 is 10.1 Å². The molecule has 0 aliphatic carbocycles. The Kier molecular flexibility index (Phi) is 6.11. The van der Waals surface area contributed by atoms with Crippen molar-refractivity contribution >= 4 is 5.69 Å². The lowest BCUT2D eigenvalue weighted by atomic mass is 10.0. The zero-order chi connectivity index (χ0) is 15.9.